The first-order valence-electron chi connectivity index (χ1n) is 6.46. The van der Waals surface area contributed by atoms with Crippen molar-refractivity contribution in [2.24, 2.45) is 0 Å². The zero-order chi connectivity index (χ0) is 14.8. The van der Waals surface area contributed by atoms with Gasteiger partial charge in [-0.05, 0) is 18.6 Å². The van der Waals surface area contributed by atoms with Crippen LogP contribution in [0.25, 0.3) is 0 Å². The van der Waals surface area contributed by atoms with Crippen molar-refractivity contribution in [3.63, 3.8) is 0 Å². The summed E-state index contributed by atoms with van der Waals surface area (Å²) in [5, 5.41) is 2.72. The Bertz CT molecular complexity index is 613. The summed E-state index contributed by atoms with van der Waals surface area (Å²) in [5.74, 6) is 0.500. The second-order valence-electron chi connectivity index (χ2n) is 4.53. The minimum absolute atomic E-state index is 0.121. The van der Waals surface area contributed by atoms with E-state index in [0.717, 1.165) is 0 Å². The Labute approximate surface area is 118 Å². The molecule has 0 aliphatic carbocycles. The number of methoxy groups -OCH3 is 1. The van der Waals surface area contributed by atoms with Crippen molar-refractivity contribution < 1.29 is 17.9 Å². The lowest BCUT2D eigenvalue weighted by atomic mass is 10.2. The number of benzene rings is 1. The maximum Gasteiger partial charge on any atom is 0.235 e. The van der Waals surface area contributed by atoms with Gasteiger partial charge in [-0.2, -0.15) is 0 Å². The molecule has 0 unspecified atom stereocenters. The van der Waals surface area contributed by atoms with Crippen molar-refractivity contribution in [3.8, 4) is 5.75 Å². The van der Waals surface area contributed by atoms with E-state index in [-0.39, 0.29) is 11.7 Å². The fourth-order valence-corrected chi connectivity index (χ4v) is 3.66. The molecule has 0 radical (unpaired) electrons. The molecule has 1 aliphatic rings. The third-order valence-corrected chi connectivity index (χ3v) is 5.04. The number of carbonyl (C=O) groups excluding carboxylic acids is 1. The molecule has 0 bridgehead atoms. The third kappa shape index (κ3) is 2.87. The van der Waals surface area contributed by atoms with Crippen LogP contribution in [0.2, 0.25) is 0 Å². The van der Waals surface area contributed by atoms with Crippen LogP contribution in [0.5, 0.6) is 5.75 Å². The van der Waals surface area contributed by atoms with Gasteiger partial charge < -0.3 is 10.1 Å². The predicted octanol–water partition coefficient (Wildman–Crippen LogP) is 1.58. The van der Waals surface area contributed by atoms with Crippen LogP contribution in [-0.2, 0) is 14.8 Å². The van der Waals surface area contributed by atoms with Crippen LogP contribution >= 0.6 is 0 Å². The molecule has 6 nitrogen and oxygen atoms in total. The highest BCUT2D eigenvalue weighted by atomic mass is 32.2. The number of nitrogens with one attached hydrogen (secondary N) is 1. The van der Waals surface area contributed by atoms with Crippen molar-refractivity contribution in [1.29, 1.82) is 0 Å². The fourth-order valence-electron chi connectivity index (χ4n) is 2.11. The largest absolute Gasteiger partial charge is 0.494 e. The molecule has 0 atom stereocenters. The number of sulfonamides is 1. The Morgan fingerprint density at radius 2 is 2.20 bits per heavy atom. The molecule has 0 saturated carbocycles. The summed E-state index contributed by atoms with van der Waals surface area (Å²) in [6.07, 6.45) is 0.990. The van der Waals surface area contributed by atoms with E-state index >= 15 is 0 Å². The van der Waals surface area contributed by atoms with Gasteiger partial charge in [0.2, 0.25) is 15.9 Å². The van der Waals surface area contributed by atoms with Gasteiger partial charge in [0.25, 0.3) is 0 Å². The molecule has 20 heavy (non-hydrogen) atoms. The molecule has 1 heterocycles. The quantitative estimate of drug-likeness (QED) is 0.915. The zero-order valence-electron chi connectivity index (χ0n) is 11.5. The van der Waals surface area contributed by atoms with E-state index < -0.39 is 10.0 Å². The first-order chi connectivity index (χ1) is 9.47. The van der Waals surface area contributed by atoms with E-state index in [9.17, 15) is 13.2 Å². The lowest BCUT2D eigenvalue weighted by Gasteiger charge is -2.19. The van der Waals surface area contributed by atoms with Crippen molar-refractivity contribution in [2.45, 2.75) is 19.8 Å². The van der Waals surface area contributed by atoms with Gasteiger partial charge in [0, 0.05) is 19.0 Å². The standard InChI is InChI=1S/C13H18N2O4S/c1-3-13(16)14-11-6-5-10(9-12(11)19-2)15-7-4-8-20(15,17)18/h5-6,9H,3-4,7-8H2,1-2H3,(H,14,16). The Hall–Kier alpha value is -1.76. The monoisotopic (exact) mass is 298 g/mol. The fraction of sp³-hybridized carbons (Fsp3) is 0.462. The summed E-state index contributed by atoms with van der Waals surface area (Å²) >= 11 is 0. The maximum atomic E-state index is 11.9. The smallest absolute Gasteiger partial charge is 0.235 e. The molecule has 1 N–H and O–H groups in total. The lowest BCUT2D eigenvalue weighted by Crippen LogP contribution is -2.25. The second-order valence-corrected chi connectivity index (χ2v) is 6.54. The minimum atomic E-state index is -3.22. The SMILES string of the molecule is CCC(=O)Nc1ccc(N2CCCS2(=O)=O)cc1OC. The van der Waals surface area contributed by atoms with Gasteiger partial charge in [-0.3, -0.25) is 9.10 Å². The number of hydrogen-bond donors (Lipinski definition) is 1. The molecule has 1 saturated heterocycles. The topological polar surface area (TPSA) is 75.7 Å². The predicted molar refractivity (Wildman–Crippen MR) is 77.7 cm³/mol. The maximum absolute atomic E-state index is 11.9. The molecule has 1 aromatic rings. The minimum Gasteiger partial charge on any atom is -0.494 e. The van der Waals surface area contributed by atoms with Crippen LogP contribution in [0.15, 0.2) is 18.2 Å². The number of carbonyl (C=O) groups is 1. The highest BCUT2D eigenvalue weighted by Gasteiger charge is 2.28. The molecular weight excluding hydrogens is 280 g/mol. The van der Waals surface area contributed by atoms with Gasteiger partial charge in [0.15, 0.2) is 0 Å². The second kappa shape index (κ2) is 5.70. The molecule has 2 rings (SSSR count). The molecule has 1 fully saturated rings. The highest BCUT2D eigenvalue weighted by molar-refractivity contribution is 7.93. The van der Waals surface area contributed by atoms with E-state index in [1.54, 1.807) is 25.1 Å². The Morgan fingerprint density at radius 3 is 2.75 bits per heavy atom. The summed E-state index contributed by atoms with van der Waals surface area (Å²) in [6.45, 7) is 2.24. The number of ether oxygens (including phenoxy) is 1. The van der Waals surface area contributed by atoms with Crippen LogP contribution in [-0.4, -0.2) is 33.7 Å². The Balaban J connectivity index is 2.32. The average molecular weight is 298 g/mol. The van der Waals surface area contributed by atoms with Crippen molar-refractivity contribution in [3.05, 3.63) is 18.2 Å². The van der Waals surface area contributed by atoms with E-state index in [4.69, 9.17) is 4.74 Å². The van der Waals surface area contributed by atoms with Crippen LogP contribution in [0.4, 0.5) is 11.4 Å². The first kappa shape index (κ1) is 14.6. The first-order valence-corrected chi connectivity index (χ1v) is 8.07. The van der Waals surface area contributed by atoms with E-state index in [1.807, 2.05) is 0 Å². The van der Waals surface area contributed by atoms with Crippen molar-refractivity contribution in [2.75, 3.05) is 29.0 Å². The van der Waals surface area contributed by atoms with Crippen LogP contribution < -0.4 is 14.4 Å². The van der Waals surface area contributed by atoms with Gasteiger partial charge in [-0.25, -0.2) is 8.42 Å². The van der Waals surface area contributed by atoms with Crippen LogP contribution in [0.1, 0.15) is 19.8 Å². The van der Waals surface area contributed by atoms with Gasteiger partial charge in [-0.15, -0.1) is 0 Å². The molecule has 7 heteroatoms. The number of rotatable bonds is 4. The van der Waals surface area contributed by atoms with E-state index in [2.05, 4.69) is 5.32 Å². The lowest BCUT2D eigenvalue weighted by molar-refractivity contribution is -0.115. The molecular formula is C13H18N2O4S. The van der Waals surface area contributed by atoms with Crippen molar-refractivity contribution >= 4 is 27.3 Å². The third-order valence-electron chi connectivity index (χ3n) is 3.17. The van der Waals surface area contributed by atoms with Gasteiger partial charge in [0.05, 0.1) is 24.2 Å². The van der Waals surface area contributed by atoms with E-state index in [0.29, 0.717) is 36.5 Å². The molecule has 1 amide bonds. The molecule has 1 aliphatic heterocycles. The van der Waals surface area contributed by atoms with E-state index in [1.165, 1.54) is 11.4 Å². The van der Waals surface area contributed by atoms with Gasteiger partial charge >= 0.3 is 0 Å². The van der Waals surface area contributed by atoms with Gasteiger partial charge in [-0.1, -0.05) is 6.92 Å². The van der Waals surface area contributed by atoms with Gasteiger partial charge in [0.1, 0.15) is 5.75 Å². The highest BCUT2D eigenvalue weighted by Crippen LogP contribution is 2.32. The summed E-state index contributed by atoms with van der Waals surface area (Å²) < 4.78 is 30.4. The number of nitrogens with zero attached hydrogens (tertiary/aromatic N) is 1. The number of hydrogen-bond acceptors (Lipinski definition) is 4. The molecule has 1 aromatic carbocycles. The summed E-state index contributed by atoms with van der Waals surface area (Å²) in [6, 6.07) is 4.97. The normalized spacial score (nSPS) is 17.0. The Kier molecular flexibility index (Phi) is 4.17. The molecule has 0 spiro atoms. The summed E-state index contributed by atoms with van der Waals surface area (Å²) in [7, 11) is -1.73. The molecule has 0 aromatic heterocycles. The zero-order valence-corrected chi connectivity index (χ0v) is 12.4. The number of anilines is 2. The Morgan fingerprint density at radius 1 is 1.45 bits per heavy atom. The number of amides is 1. The van der Waals surface area contributed by atoms with Crippen molar-refractivity contribution in [1.82, 2.24) is 0 Å². The van der Waals surface area contributed by atoms with Crippen LogP contribution in [0, 0.1) is 0 Å². The average Bonchev–Trinajstić information content (AvgIpc) is 2.78. The summed E-state index contributed by atoms with van der Waals surface area (Å²) in [4.78, 5) is 11.4. The van der Waals surface area contributed by atoms with Crippen LogP contribution in [0.3, 0.4) is 0 Å². The summed E-state index contributed by atoms with van der Waals surface area (Å²) in [5.41, 5.74) is 1.11. The molecule has 110 valence electrons.